The van der Waals surface area contributed by atoms with Gasteiger partial charge in [-0.3, -0.25) is 0 Å². The number of nitrogens with one attached hydrogen (secondary N) is 1. The van der Waals surface area contributed by atoms with E-state index in [0.29, 0.717) is 11.3 Å². The molecule has 1 aliphatic rings. The number of methoxy groups -OCH3 is 1. The molecule has 1 fully saturated rings. The smallest absolute Gasteiger partial charge is 0.283 e. The third-order valence-electron chi connectivity index (χ3n) is 5.30. The van der Waals surface area contributed by atoms with E-state index >= 15 is 0 Å². The van der Waals surface area contributed by atoms with Gasteiger partial charge in [-0.05, 0) is 54.4 Å². The van der Waals surface area contributed by atoms with E-state index < -0.39 is 5.82 Å². The summed E-state index contributed by atoms with van der Waals surface area (Å²) in [6.07, 6.45) is 2.96. The Bertz CT molecular complexity index is 1220. The minimum atomic E-state index is -0.402. The van der Waals surface area contributed by atoms with E-state index in [1.54, 1.807) is 31.4 Å². The van der Waals surface area contributed by atoms with Crippen LogP contribution in [0.5, 0.6) is 5.75 Å². The monoisotopic (exact) mass is 435 g/mol. The molecule has 32 heavy (non-hydrogen) atoms. The molecule has 1 saturated heterocycles. The summed E-state index contributed by atoms with van der Waals surface area (Å²) < 4.78 is 36.8. The zero-order valence-electron chi connectivity index (χ0n) is 17.7. The second kappa shape index (κ2) is 8.47. The van der Waals surface area contributed by atoms with E-state index in [0.717, 1.165) is 24.2 Å². The number of aromatic nitrogens is 2. The lowest BCUT2D eigenvalue weighted by atomic mass is 10.0. The van der Waals surface area contributed by atoms with Crippen LogP contribution in [-0.4, -0.2) is 23.5 Å². The molecule has 164 valence electrons. The number of epoxide rings is 1. The Balaban J connectivity index is 1.35. The largest absolute Gasteiger partial charge is 0.496 e. The van der Waals surface area contributed by atoms with E-state index in [1.165, 1.54) is 17.9 Å². The number of furan rings is 1. The highest BCUT2D eigenvalue weighted by Crippen LogP contribution is 2.44. The van der Waals surface area contributed by atoms with Gasteiger partial charge in [0.1, 0.15) is 17.7 Å². The van der Waals surface area contributed by atoms with Crippen molar-refractivity contribution >= 4 is 5.69 Å². The third-order valence-corrected chi connectivity index (χ3v) is 5.30. The van der Waals surface area contributed by atoms with Crippen molar-refractivity contribution in [2.75, 3.05) is 12.4 Å². The van der Waals surface area contributed by atoms with Gasteiger partial charge in [0.15, 0.2) is 12.0 Å². The van der Waals surface area contributed by atoms with Gasteiger partial charge in [-0.15, -0.1) is 10.2 Å². The van der Waals surface area contributed by atoms with Gasteiger partial charge in [0.2, 0.25) is 5.89 Å². The maximum absolute atomic E-state index is 14.5. The van der Waals surface area contributed by atoms with Crippen molar-refractivity contribution in [1.29, 1.82) is 0 Å². The Morgan fingerprint density at radius 3 is 2.75 bits per heavy atom. The third kappa shape index (κ3) is 3.97. The average Bonchev–Trinajstić information content (AvgIpc) is 3.19. The van der Waals surface area contributed by atoms with Crippen molar-refractivity contribution in [3.63, 3.8) is 0 Å². The topological polar surface area (TPSA) is 85.9 Å². The van der Waals surface area contributed by atoms with Gasteiger partial charge < -0.3 is 23.6 Å². The lowest BCUT2D eigenvalue weighted by molar-refractivity contribution is 0.369. The summed E-state index contributed by atoms with van der Waals surface area (Å²) in [5.41, 5.74) is 3.04. The number of benzene rings is 2. The van der Waals surface area contributed by atoms with Crippen molar-refractivity contribution in [2.24, 2.45) is 0 Å². The predicted octanol–water partition coefficient (Wildman–Crippen LogP) is 5.61. The van der Waals surface area contributed by atoms with Gasteiger partial charge in [0.05, 0.1) is 19.1 Å². The molecule has 0 saturated carbocycles. The number of hydrogen-bond acceptors (Lipinski definition) is 7. The molecule has 0 radical (unpaired) electrons. The fourth-order valence-electron chi connectivity index (χ4n) is 3.67. The van der Waals surface area contributed by atoms with Gasteiger partial charge in [-0.25, -0.2) is 4.39 Å². The molecule has 3 heterocycles. The number of anilines is 1. The van der Waals surface area contributed by atoms with Crippen molar-refractivity contribution in [2.45, 2.75) is 32.1 Å². The molecule has 2 unspecified atom stereocenters. The first-order chi connectivity index (χ1) is 15.7. The fourth-order valence-corrected chi connectivity index (χ4v) is 3.67. The fraction of sp³-hybridized carbons (Fsp3) is 0.250. The van der Waals surface area contributed by atoms with Crippen molar-refractivity contribution < 1.29 is 22.7 Å². The molecule has 0 spiro atoms. The number of ether oxygens (including phenoxy) is 2. The van der Waals surface area contributed by atoms with Crippen LogP contribution in [0.25, 0.3) is 23.1 Å². The summed E-state index contributed by atoms with van der Waals surface area (Å²) in [5, 5.41) is 11.2. The molecular weight excluding hydrogens is 413 g/mol. The Kier molecular flexibility index (Phi) is 5.36. The van der Waals surface area contributed by atoms with Crippen LogP contribution in [0, 0.1) is 5.82 Å². The molecule has 2 aromatic heterocycles. The van der Waals surface area contributed by atoms with Crippen LogP contribution < -0.4 is 10.1 Å². The molecule has 0 aliphatic carbocycles. The van der Waals surface area contributed by atoms with Crippen molar-refractivity contribution in [3.8, 4) is 28.9 Å². The molecule has 2 aromatic carbocycles. The average molecular weight is 435 g/mol. The van der Waals surface area contributed by atoms with Crippen LogP contribution in [0.15, 0.2) is 63.6 Å². The number of aryl methyl sites for hydroxylation is 1. The standard InChI is InChI=1S/C24H22FN3O4/c1-3-5-14-7-10-19(29-2)16(12-14)21-24(31-21)26-18-13-15(8-9-17(18)25)22-27-28-23(32-22)20-6-4-11-30-20/h4,6-13,21,24,26H,3,5H2,1-2H3. The van der Waals surface area contributed by atoms with Crippen LogP contribution in [0.2, 0.25) is 0 Å². The Labute approximate surface area is 184 Å². The zero-order chi connectivity index (χ0) is 22.1. The molecule has 1 aliphatic heterocycles. The maximum Gasteiger partial charge on any atom is 0.283 e. The highest BCUT2D eigenvalue weighted by atomic mass is 19.1. The van der Waals surface area contributed by atoms with E-state index in [1.807, 2.05) is 6.07 Å². The summed E-state index contributed by atoms with van der Waals surface area (Å²) in [6.45, 7) is 2.14. The zero-order valence-corrected chi connectivity index (χ0v) is 17.7. The molecule has 5 rings (SSSR count). The number of nitrogens with zero attached hydrogens (tertiary/aromatic N) is 2. The highest BCUT2D eigenvalue weighted by molar-refractivity contribution is 5.63. The summed E-state index contributed by atoms with van der Waals surface area (Å²) in [7, 11) is 1.63. The summed E-state index contributed by atoms with van der Waals surface area (Å²) in [6, 6.07) is 14.1. The van der Waals surface area contributed by atoms with Crippen molar-refractivity contribution in [1.82, 2.24) is 10.2 Å². The second-order valence-corrected chi connectivity index (χ2v) is 7.53. The van der Waals surface area contributed by atoms with Gasteiger partial charge in [-0.1, -0.05) is 19.4 Å². The molecule has 8 heteroatoms. The van der Waals surface area contributed by atoms with Crippen LogP contribution in [-0.2, 0) is 11.2 Å². The molecule has 4 aromatic rings. The SMILES string of the molecule is CCCc1ccc(OC)c(C2OC2Nc2cc(-c3nnc(-c4ccco4)o3)ccc2F)c1. The van der Waals surface area contributed by atoms with E-state index in [4.69, 9.17) is 18.3 Å². The summed E-state index contributed by atoms with van der Waals surface area (Å²) in [4.78, 5) is 0. The van der Waals surface area contributed by atoms with Crippen LogP contribution in [0.1, 0.15) is 30.6 Å². The van der Waals surface area contributed by atoms with Crippen LogP contribution in [0.3, 0.4) is 0 Å². The Morgan fingerprint density at radius 1 is 1.09 bits per heavy atom. The van der Waals surface area contributed by atoms with E-state index in [2.05, 4.69) is 34.6 Å². The normalized spacial score (nSPS) is 17.3. The number of hydrogen-bond donors (Lipinski definition) is 1. The first-order valence-corrected chi connectivity index (χ1v) is 10.4. The van der Waals surface area contributed by atoms with Gasteiger partial charge in [0, 0.05) is 11.1 Å². The van der Waals surface area contributed by atoms with Crippen LogP contribution in [0.4, 0.5) is 10.1 Å². The lowest BCUT2D eigenvalue weighted by Crippen LogP contribution is -2.07. The molecule has 7 nitrogen and oxygen atoms in total. The number of rotatable bonds is 8. The lowest BCUT2D eigenvalue weighted by Gasteiger charge is -2.10. The summed E-state index contributed by atoms with van der Waals surface area (Å²) >= 11 is 0. The van der Waals surface area contributed by atoms with Gasteiger partial charge in [-0.2, -0.15) is 0 Å². The quantitative estimate of drug-likeness (QED) is 0.360. The molecule has 0 amide bonds. The first kappa shape index (κ1) is 20.3. The molecule has 2 atom stereocenters. The van der Waals surface area contributed by atoms with Crippen LogP contribution >= 0.6 is 0 Å². The minimum absolute atomic E-state index is 0.223. The second-order valence-electron chi connectivity index (χ2n) is 7.53. The highest BCUT2D eigenvalue weighted by Gasteiger charge is 2.42. The maximum atomic E-state index is 14.5. The first-order valence-electron chi connectivity index (χ1n) is 10.4. The Hall–Kier alpha value is -3.65. The molecule has 1 N–H and O–H groups in total. The minimum Gasteiger partial charge on any atom is -0.496 e. The molecular formula is C24H22FN3O4. The molecule has 0 bridgehead atoms. The number of halogens is 1. The van der Waals surface area contributed by atoms with E-state index in [-0.39, 0.29) is 29.8 Å². The van der Waals surface area contributed by atoms with Gasteiger partial charge >= 0.3 is 0 Å². The van der Waals surface area contributed by atoms with Gasteiger partial charge in [0.25, 0.3) is 5.89 Å². The predicted molar refractivity (Wildman–Crippen MR) is 116 cm³/mol. The Morgan fingerprint density at radius 2 is 1.97 bits per heavy atom. The van der Waals surface area contributed by atoms with Crippen molar-refractivity contribution in [3.05, 3.63) is 71.7 Å². The van der Waals surface area contributed by atoms with E-state index in [9.17, 15) is 4.39 Å². The summed E-state index contributed by atoms with van der Waals surface area (Å²) in [5.74, 6) is 1.35.